The molecule has 0 bridgehead atoms. The number of rotatable bonds is 5. The first-order valence-corrected chi connectivity index (χ1v) is 6.51. The average Bonchev–Trinajstić information content (AvgIpc) is 2.22. The molecule has 0 aliphatic heterocycles. The van der Waals surface area contributed by atoms with Gasteiger partial charge in [-0.3, -0.25) is 0 Å². The minimum absolute atomic E-state index is 0.404. The number of hydrogen-bond donors (Lipinski definition) is 1. The number of nitrogens with one attached hydrogen (secondary N) is 1. The predicted octanol–water partition coefficient (Wildman–Crippen LogP) is 2.82. The van der Waals surface area contributed by atoms with Crippen LogP contribution in [0.5, 0.6) is 5.88 Å². The second-order valence-electron chi connectivity index (χ2n) is 5.10. The van der Waals surface area contributed by atoms with Gasteiger partial charge in [0, 0.05) is 24.3 Å². The summed E-state index contributed by atoms with van der Waals surface area (Å²) < 4.78 is 5.78. The molecule has 1 aliphatic carbocycles. The zero-order valence-electron chi connectivity index (χ0n) is 11.0. The van der Waals surface area contributed by atoms with E-state index < -0.39 is 0 Å². The monoisotopic (exact) mass is 234 g/mol. The van der Waals surface area contributed by atoms with Crippen LogP contribution >= 0.6 is 0 Å². The smallest absolute Gasteiger partial charge is 0.213 e. The van der Waals surface area contributed by atoms with Gasteiger partial charge in [-0.15, -0.1) is 0 Å². The lowest BCUT2D eigenvalue weighted by atomic mass is 9.96. The number of aryl methyl sites for hydroxylation is 1. The highest BCUT2D eigenvalue weighted by Gasteiger charge is 2.19. The van der Waals surface area contributed by atoms with E-state index in [9.17, 15) is 0 Å². The fourth-order valence-corrected chi connectivity index (χ4v) is 1.79. The molecule has 0 aromatic carbocycles. The zero-order valence-corrected chi connectivity index (χ0v) is 11.0. The van der Waals surface area contributed by atoms with Crippen LogP contribution in [-0.2, 0) is 6.54 Å². The van der Waals surface area contributed by atoms with Crippen molar-refractivity contribution >= 4 is 0 Å². The molecule has 0 amide bonds. The molecular weight excluding hydrogens is 212 g/mol. The summed E-state index contributed by atoms with van der Waals surface area (Å²) in [4.78, 5) is 4.51. The van der Waals surface area contributed by atoms with Crippen LogP contribution in [0.15, 0.2) is 12.1 Å². The van der Waals surface area contributed by atoms with Gasteiger partial charge < -0.3 is 10.1 Å². The third-order valence-electron chi connectivity index (χ3n) is 3.21. The maximum absolute atomic E-state index is 5.78. The Bertz CT molecular complexity index is 372. The maximum Gasteiger partial charge on any atom is 0.213 e. The first-order chi connectivity index (χ1) is 8.15. The van der Waals surface area contributed by atoms with E-state index in [1.807, 2.05) is 13.0 Å². The van der Waals surface area contributed by atoms with E-state index in [4.69, 9.17) is 4.74 Å². The van der Waals surface area contributed by atoms with Gasteiger partial charge in [0.05, 0.1) is 0 Å². The van der Waals surface area contributed by atoms with Crippen LogP contribution in [0.1, 0.15) is 44.4 Å². The topological polar surface area (TPSA) is 34.1 Å². The Balaban J connectivity index is 1.95. The molecule has 1 N–H and O–H groups in total. The van der Waals surface area contributed by atoms with Gasteiger partial charge >= 0.3 is 0 Å². The molecule has 1 saturated carbocycles. The molecule has 0 radical (unpaired) electrons. The molecule has 1 aromatic heterocycles. The maximum atomic E-state index is 5.78. The first kappa shape index (κ1) is 12.4. The number of nitrogens with zero attached hydrogens (tertiary/aromatic N) is 1. The van der Waals surface area contributed by atoms with Gasteiger partial charge in [-0.2, -0.15) is 0 Å². The molecule has 0 spiro atoms. The Hall–Kier alpha value is -1.09. The van der Waals surface area contributed by atoms with E-state index in [1.54, 1.807) is 0 Å². The lowest BCUT2D eigenvalue weighted by Crippen LogP contribution is -2.25. The van der Waals surface area contributed by atoms with Crippen LogP contribution in [0.3, 0.4) is 0 Å². The Morgan fingerprint density at radius 2 is 2.18 bits per heavy atom. The highest BCUT2D eigenvalue weighted by molar-refractivity contribution is 5.25. The second-order valence-corrected chi connectivity index (χ2v) is 5.10. The van der Waals surface area contributed by atoms with Crippen molar-refractivity contribution < 1.29 is 4.74 Å². The minimum Gasteiger partial charge on any atom is -0.474 e. The number of ether oxygens (including phenoxy) is 1. The summed E-state index contributed by atoms with van der Waals surface area (Å²) in [5, 5.41) is 3.40. The molecule has 0 saturated heterocycles. The van der Waals surface area contributed by atoms with Crippen LogP contribution < -0.4 is 10.1 Å². The van der Waals surface area contributed by atoms with Crippen LogP contribution in [0.25, 0.3) is 0 Å². The number of aromatic nitrogens is 1. The summed E-state index contributed by atoms with van der Waals surface area (Å²) in [6.45, 7) is 7.22. The standard InChI is InChI=1S/C14H22N2O/c1-10(2)15-9-12-7-8-14(16-11(12)3)17-13-5-4-6-13/h7-8,10,13,15H,4-6,9H2,1-3H3. The first-order valence-electron chi connectivity index (χ1n) is 6.51. The summed E-state index contributed by atoms with van der Waals surface area (Å²) in [5.41, 5.74) is 2.31. The molecule has 0 unspecified atom stereocenters. The highest BCUT2D eigenvalue weighted by atomic mass is 16.5. The fraction of sp³-hybridized carbons (Fsp3) is 0.643. The van der Waals surface area contributed by atoms with Crippen LogP contribution in [0, 0.1) is 6.92 Å². The van der Waals surface area contributed by atoms with Crippen molar-refractivity contribution in [3.8, 4) is 5.88 Å². The predicted molar refractivity (Wildman–Crippen MR) is 69.2 cm³/mol. The van der Waals surface area contributed by atoms with Crippen LogP contribution in [-0.4, -0.2) is 17.1 Å². The van der Waals surface area contributed by atoms with Crippen LogP contribution in [0.4, 0.5) is 0 Å². The third-order valence-corrected chi connectivity index (χ3v) is 3.21. The zero-order chi connectivity index (χ0) is 12.3. The summed E-state index contributed by atoms with van der Waals surface area (Å²) in [6.07, 6.45) is 4.05. The number of hydrogen-bond acceptors (Lipinski definition) is 3. The van der Waals surface area contributed by atoms with E-state index >= 15 is 0 Å². The third kappa shape index (κ3) is 3.43. The quantitative estimate of drug-likeness (QED) is 0.850. The molecule has 1 aromatic rings. The lowest BCUT2D eigenvalue weighted by molar-refractivity contribution is 0.114. The molecule has 17 heavy (non-hydrogen) atoms. The molecule has 1 fully saturated rings. The Labute approximate surface area is 104 Å². The fourth-order valence-electron chi connectivity index (χ4n) is 1.79. The van der Waals surface area contributed by atoms with Crippen molar-refractivity contribution in [1.82, 2.24) is 10.3 Å². The molecule has 0 atom stereocenters. The second kappa shape index (κ2) is 5.50. The Morgan fingerprint density at radius 1 is 1.41 bits per heavy atom. The van der Waals surface area contributed by atoms with E-state index in [2.05, 4.69) is 30.2 Å². The van der Waals surface area contributed by atoms with Crippen molar-refractivity contribution in [2.24, 2.45) is 0 Å². The molecular formula is C14H22N2O. The SMILES string of the molecule is Cc1nc(OC2CCC2)ccc1CNC(C)C. The highest BCUT2D eigenvalue weighted by Crippen LogP contribution is 2.24. The van der Waals surface area contributed by atoms with Gasteiger partial charge in [-0.25, -0.2) is 4.98 Å². The normalized spacial score (nSPS) is 16.0. The largest absolute Gasteiger partial charge is 0.474 e. The molecule has 3 heteroatoms. The average molecular weight is 234 g/mol. The van der Waals surface area contributed by atoms with E-state index in [1.165, 1.54) is 24.8 Å². The molecule has 2 rings (SSSR count). The van der Waals surface area contributed by atoms with E-state index in [-0.39, 0.29) is 0 Å². The lowest BCUT2D eigenvalue weighted by Gasteiger charge is -2.26. The Morgan fingerprint density at radius 3 is 2.71 bits per heavy atom. The van der Waals surface area contributed by atoms with Gasteiger partial charge in [0.25, 0.3) is 0 Å². The minimum atomic E-state index is 0.404. The summed E-state index contributed by atoms with van der Waals surface area (Å²) >= 11 is 0. The van der Waals surface area contributed by atoms with Crippen molar-refractivity contribution in [2.75, 3.05) is 0 Å². The molecule has 3 nitrogen and oxygen atoms in total. The summed E-state index contributed by atoms with van der Waals surface area (Å²) in [6, 6.07) is 4.61. The van der Waals surface area contributed by atoms with E-state index in [0.717, 1.165) is 18.1 Å². The molecule has 1 heterocycles. The summed E-state index contributed by atoms with van der Waals surface area (Å²) in [7, 11) is 0. The van der Waals surface area contributed by atoms with Crippen molar-refractivity contribution in [3.63, 3.8) is 0 Å². The van der Waals surface area contributed by atoms with Crippen LogP contribution in [0.2, 0.25) is 0 Å². The summed E-state index contributed by atoms with van der Waals surface area (Å²) in [5.74, 6) is 0.778. The Kier molecular flexibility index (Phi) is 4.00. The van der Waals surface area contributed by atoms with Gasteiger partial charge in [-0.05, 0) is 31.7 Å². The van der Waals surface area contributed by atoms with Gasteiger partial charge in [0.15, 0.2) is 0 Å². The van der Waals surface area contributed by atoms with Crippen molar-refractivity contribution in [1.29, 1.82) is 0 Å². The van der Waals surface area contributed by atoms with Crippen molar-refractivity contribution in [2.45, 2.75) is 58.7 Å². The van der Waals surface area contributed by atoms with E-state index in [0.29, 0.717) is 12.1 Å². The molecule has 1 aliphatic rings. The van der Waals surface area contributed by atoms with Gasteiger partial charge in [0.2, 0.25) is 5.88 Å². The van der Waals surface area contributed by atoms with Crippen molar-refractivity contribution in [3.05, 3.63) is 23.4 Å². The number of pyridine rings is 1. The van der Waals surface area contributed by atoms with Gasteiger partial charge in [-0.1, -0.05) is 19.9 Å². The van der Waals surface area contributed by atoms with Gasteiger partial charge in [0.1, 0.15) is 6.10 Å². The molecule has 94 valence electrons.